The van der Waals surface area contributed by atoms with Gasteiger partial charge in [0.15, 0.2) is 0 Å². The molecule has 1 aromatic rings. The molecule has 3 nitrogen and oxygen atoms in total. The number of aryl methyl sites for hydroxylation is 1. The summed E-state index contributed by atoms with van der Waals surface area (Å²) in [4.78, 5) is 11.1. The molecule has 0 radical (unpaired) electrons. The lowest BCUT2D eigenvalue weighted by atomic mass is 10.1. The number of benzene rings is 1. The van der Waals surface area contributed by atoms with E-state index in [0.29, 0.717) is 12.8 Å². The van der Waals surface area contributed by atoms with Gasteiger partial charge in [-0.3, -0.25) is 4.79 Å². The van der Waals surface area contributed by atoms with Crippen LogP contribution in [-0.2, 0) is 16.0 Å². The highest BCUT2D eigenvalue weighted by Crippen LogP contribution is 2.14. The molecule has 0 bridgehead atoms. The first kappa shape index (κ1) is 16.5. The van der Waals surface area contributed by atoms with Crippen LogP contribution in [0.4, 0.5) is 0 Å². The number of carbonyl (C=O) groups excluding carboxylic acids is 1. The molecule has 0 N–H and O–H groups in total. The highest BCUT2D eigenvalue weighted by molar-refractivity contribution is 5.69. The van der Waals surface area contributed by atoms with E-state index in [1.54, 1.807) is 0 Å². The minimum absolute atomic E-state index is 0.169. The molecular formula is C17H26O3. The number of esters is 1. The van der Waals surface area contributed by atoms with Gasteiger partial charge < -0.3 is 9.47 Å². The quantitative estimate of drug-likeness (QED) is 0.476. The standard InChI is InChI=1S/C17H26O3/c1-3-4-5-6-7-14-20-16-11-8-15(9-12-16)10-13-17(18)19-2/h8-9,11-12H,3-7,10,13-14H2,1-2H3. The molecule has 0 atom stereocenters. The molecule has 3 heteroatoms. The lowest BCUT2D eigenvalue weighted by molar-refractivity contribution is -0.140. The average Bonchev–Trinajstić information content (AvgIpc) is 2.49. The van der Waals surface area contributed by atoms with Gasteiger partial charge in [-0.2, -0.15) is 0 Å². The maximum absolute atomic E-state index is 11.1. The van der Waals surface area contributed by atoms with Crippen molar-refractivity contribution in [3.63, 3.8) is 0 Å². The zero-order valence-electron chi connectivity index (χ0n) is 12.7. The van der Waals surface area contributed by atoms with Crippen molar-refractivity contribution in [1.82, 2.24) is 0 Å². The lowest BCUT2D eigenvalue weighted by Gasteiger charge is -2.07. The van der Waals surface area contributed by atoms with E-state index in [1.165, 1.54) is 32.8 Å². The van der Waals surface area contributed by atoms with E-state index in [0.717, 1.165) is 24.3 Å². The van der Waals surface area contributed by atoms with Crippen LogP contribution < -0.4 is 4.74 Å². The van der Waals surface area contributed by atoms with E-state index in [1.807, 2.05) is 24.3 Å². The summed E-state index contributed by atoms with van der Waals surface area (Å²) < 4.78 is 10.3. The second-order valence-electron chi connectivity index (χ2n) is 4.98. The first-order chi connectivity index (χ1) is 9.76. The van der Waals surface area contributed by atoms with Crippen molar-refractivity contribution < 1.29 is 14.3 Å². The Morgan fingerprint density at radius 2 is 1.75 bits per heavy atom. The normalized spacial score (nSPS) is 10.3. The second kappa shape index (κ2) is 10.3. The third-order valence-corrected chi connectivity index (χ3v) is 3.29. The van der Waals surface area contributed by atoms with Crippen molar-refractivity contribution in [2.75, 3.05) is 13.7 Å². The van der Waals surface area contributed by atoms with Crippen LogP contribution in [-0.4, -0.2) is 19.7 Å². The summed E-state index contributed by atoms with van der Waals surface area (Å²) in [7, 11) is 1.42. The van der Waals surface area contributed by atoms with Gasteiger partial charge in [0.25, 0.3) is 0 Å². The summed E-state index contributed by atoms with van der Waals surface area (Å²) in [6.45, 7) is 3.00. The Morgan fingerprint density at radius 1 is 1.05 bits per heavy atom. The molecule has 0 fully saturated rings. The Hall–Kier alpha value is -1.51. The van der Waals surface area contributed by atoms with E-state index in [9.17, 15) is 4.79 Å². The third kappa shape index (κ3) is 7.17. The molecule has 1 aromatic carbocycles. The van der Waals surface area contributed by atoms with Gasteiger partial charge in [0.1, 0.15) is 5.75 Å². The maximum Gasteiger partial charge on any atom is 0.305 e. The topological polar surface area (TPSA) is 35.5 Å². The third-order valence-electron chi connectivity index (χ3n) is 3.29. The highest BCUT2D eigenvalue weighted by Gasteiger charge is 2.01. The molecule has 0 aliphatic rings. The Kier molecular flexibility index (Phi) is 8.52. The highest BCUT2D eigenvalue weighted by atomic mass is 16.5. The number of methoxy groups -OCH3 is 1. The Morgan fingerprint density at radius 3 is 2.40 bits per heavy atom. The van der Waals surface area contributed by atoms with Crippen LogP contribution in [0.2, 0.25) is 0 Å². The predicted molar refractivity (Wildman–Crippen MR) is 81.0 cm³/mol. The van der Waals surface area contributed by atoms with Crippen molar-refractivity contribution in [2.45, 2.75) is 51.9 Å². The molecule has 112 valence electrons. The fourth-order valence-corrected chi connectivity index (χ4v) is 2.00. The van der Waals surface area contributed by atoms with Crippen molar-refractivity contribution in [2.24, 2.45) is 0 Å². The number of carbonyl (C=O) groups is 1. The SMILES string of the molecule is CCCCCCCOc1ccc(CCC(=O)OC)cc1. The van der Waals surface area contributed by atoms with Crippen LogP contribution in [0, 0.1) is 0 Å². The molecule has 0 aromatic heterocycles. The smallest absolute Gasteiger partial charge is 0.305 e. The monoisotopic (exact) mass is 278 g/mol. The van der Waals surface area contributed by atoms with Gasteiger partial charge in [0.05, 0.1) is 13.7 Å². The van der Waals surface area contributed by atoms with Gasteiger partial charge in [-0.1, -0.05) is 44.7 Å². The molecule has 1 rings (SSSR count). The molecule has 0 aliphatic carbocycles. The van der Waals surface area contributed by atoms with Crippen LogP contribution >= 0.6 is 0 Å². The van der Waals surface area contributed by atoms with Crippen molar-refractivity contribution in [1.29, 1.82) is 0 Å². The molecular weight excluding hydrogens is 252 g/mol. The number of rotatable bonds is 10. The van der Waals surface area contributed by atoms with Gasteiger partial charge in [-0.15, -0.1) is 0 Å². The Bertz CT molecular complexity index is 370. The minimum atomic E-state index is -0.169. The zero-order valence-corrected chi connectivity index (χ0v) is 12.7. The van der Waals surface area contributed by atoms with Gasteiger partial charge in [-0.25, -0.2) is 0 Å². The molecule has 0 unspecified atom stereocenters. The van der Waals surface area contributed by atoms with Crippen molar-refractivity contribution in [3.8, 4) is 5.75 Å². The van der Waals surface area contributed by atoms with Crippen LogP contribution in [0.5, 0.6) is 5.75 Å². The molecule has 0 spiro atoms. The van der Waals surface area contributed by atoms with Gasteiger partial charge >= 0.3 is 5.97 Å². The number of unbranched alkanes of at least 4 members (excludes halogenated alkanes) is 4. The zero-order chi connectivity index (χ0) is 14.6. The first-order valence-corrected chi connectivity index (χ1v) is 7.54. The van der Waals surface area contributed by atoms with Crippen LogP contribution in [0.25, 0.3) is 0 Å². The molecule has 0 saturated heterocycles. The summed E-state index contributed by atoms with van der Waals surface area (Å²) in [6, 6.07) is 7.96. The molecule has 20 heavy (non-hydrogen) atoms. The van der Waals surface area contributed by atoms with Crippen LogP contribution in [0.3, 0.4) is 0 Å². The molecule has 0 saturated carbocycles. The Balaban J connectivity index is 2.19. The van der Waals surface area contributed by atoms with E-state index in [-0.39, 0.29) is 5.97 Å². The summed E-state index contributed by atoms with van der Waals surface area (Å²) in [5.41, 5.74) is 1.13. The number of hydrogen-bond acceptors (Lipinski definition) is 3. The summed E-state index contributed by atoms with van der Waals surface area (Å²) in [6.07, 6.45) is 7.38. The van der Waals surface area contributed by atoms with Crippen molar-refractivity contribution >= 4 is 5.97 Å². The van der Waals surface area contributed by atoms with Crippen molar-refractivity contribution in [3.05, 3.63) is 29.8 Å². The van der Waals surface area contributed by atoms with E-state index >= 15 is 0 Å². The summed E-state index contributed by atoms with van der Waals surface area (Å²) >= 11 is 0. The predicted octanol–water partition coefficient (Wildman–Crippen LogP) is 4.14. The van der Waals surface area contributed by atoms with Gasteiger partial charge in [0.2, 0.25) is 0 Å². The fourth-order valence-electron chi connectivity index (χ4n) is 2.00. The van der Waals surface area contributed by atoms with E-state index < -0.39 is 0 Å². The molecule has 0 aliphatic heterocycles. The van der Waals surface area contributed by atoms with E-state index in [4.69, 9.17) is 4.74 Å². The number of ether oxygens (including phenoxy) is 2. The van der Waals surface area contributed by atoms with Crippen LogP contribution in [0.15, 0.2) is 24.3 Å². The first-order valence-electron chi connectivity index (χ1n) is 7.54. The molecule has 0 amide bonds. The fraction of sp³-hybridized carbons (Fsp3) is 0.588. The van der Waals surface area contributed by atoms with Gasteiger partial charge in [0, 0.05) is 6.42 Å². The van der Waals surface area contributed by atoms with E-state index in [2.05, 4.69) is 11.7 Å². The summed E-state index contributed by atoms with van der Waals surface area (Å²) in [5.74, 6) is 0.736. The van der Waals surface area contributed by atoms with Gasteiger partial charge in [-0.05, 0) is 30.5 Å². The Labute approximate surface area is 122 Å². The van der Waals surface area contributed by atoms with Crippen LogP contribution in [0.1, 0.15) is 51.0 Å². The second-order valence-corrected chi connectivity index (χ2v) is 4.98. The largest absolute Gasteiger partial charge is 0.494 e. The minimum Gasteiger partial charge on any atom is -0.494 e. The number of hydrogen-bond donors (Lipinski definition) is 0. The lowest BCUT2D eigenvalue weighted by Crippen LogP contribution is -2.02. The average molecular weight is 278 g/mol. The maximum atomic E-state index is 11.1. The molecule has 0 heterocycles. The summed E-state index contributed by atoms with van der Waals surface area (Å²) in [5, 5.41) is 0.